The van der Waals surface area contributed by atoms with Gasteiger partial charge in [0.2, 0.25) is 11.7 Å². The van der Waals surface area contributed by atoms with Crippen molar-refractivity contribution in [1.82, 2.24) is 35.3 Å². The quantitative estimate of drug-likeness (QED) is 0.473. The minimum Gasteiger partial charge on any atom is -0.470 e. The fourth-order valence-electron chi connectivity index (χ4n) is 3.51. The third-order valence-corrected chi connectivity index (χ3v) is 4.96. The molecule has 0 spiro atoms. The van der Waals surface area contributed by atoms with E-state index in [2.05, 4.69) is 51.5 Å². The lowest BCUT2D eigenvalue weighted by atomic mass is 9.88. The molecular weight excluding hydrogens is 434 g/mol. The number of hydrogen-bond acceptors (Lipinski definition) is 8. The van der Waals surface area contributed by atoms with Gasteiger partial charge < -0.3 is 14.6 Å². The highest BCUT2D eigenvalue weighted by atomic mass is 16.5. The molecule has 0 fully saturated rings. The van der Waals surface area contributed by atoms with Crippen LogP contribution in [0.4, 0.5) is 0 Å². The molecule has 4 rings (SSSR count). The topological polar surface area (TPSA) is 120 Å². The van der Waals surface area contributed by atoms with E-state index in [9.17, 15) is 4.79 Å². The number of hydrogen-bond donors (Lipinski definition) is 1. The van der Waals surface area contributed by atoms with Gasteiger partial charge in [-0.15, -0.1) is 10.2 Å². The summed E-state index contributed by atoms with van der Waals surface area (Å²) in [6, 6.07) is 5.29. The Morgan fingerprint density at radius 2 is 1.91 bits per heavy atom. The molecule has 10 nitrogen and oxygen atoms in total. The first kappa shape index (κ1) is 23.3. The molecule has 178 valence electrons. The third kappa shape index (κ3) is 4.90. The fourth-order valence-corrected chi connectivity index (χ4v) is 3.51. The van der Waals surface area contributed by atoms with Gasteiger partial charge in [0, 0.05) is 23.4 Å². The maximum absolute atomic E-state index is 12.3. The highest BCUT2D eigenvalue weighted by Gasteiger charge is 2.28. The van der Waals surface area contributed by atoms with E-state index >= 15 is 0 Å². The molecule has 1 amide bonds. The van der Waals surface area contributed by atoms with Crippen LogP contribution in [0.3, 0.4) is 0 Å². The Hall–Kier alpha value is -3.82. The van der Waals surface area contributed by atoms with E-state index in [1.165, 1.54) is 0 Å². The first-order valence-electron chi connectivity index (χ1n) is 11.0. The Labute approximate surface area is 197 Å². The Balaban J connectivity index is 1.62. The van der Waals surface area contributed by atoms with E-state index in [1.54, 1.807) is 35.1 Å². The number of nitrogens with one attached hydrogen (secondary N) is 1. The van der Waals surface area contributed by atoms with Crippen LogP contribution >= 0.6 is 0 Å². The normalized spacial score (nSPS) is 12.2. The van der Waals surface area contributed by atoms with Gasteiger partial charge in [0.05, 0.1) is 23.0 Å². The van der Waals surface area contributed by atoms with Gasteiger partial charge in [0.1, 0.15) is 12.4 Å². The maximum atomic E-state index is 12.3. The van der Waals surface area contributed by atoms with Crippen LogP contribution in [0, 0.1) is 6.92 Å². The second kappa shape index (κ2) is 8.51. The summed E-state index contributed by atoms with van der Waals surface area (Å²) in [6.07, 6.45) is 3.21. The number of pyridine rings is 1. The average Bonchev–Trinajstić information content (AvgIpc) is 3.34. The van der Waals surface area contributed by atoms with Crippen molar-refractivity contribution < 1.29 is 14.1 Å². The summed E-state index contributed by atoms with van der Waals surface area (Å²) in [5, 5.41) is 20.0. The summed E-state index contributed by atoms with van der Waals surface area (Å²) in [6.45, 7) is 14.0. The summed E-state index contributed by atoms with van der Waals surface area (Å²) in [7, 11) is 0. The van der Waals surface area contributed by atoms with Crippen LogP contribution in [0.15, 0.2) is 35.1 Å². The molecule has 0 bridgehead atoms. The summed E-state index contributed by atoms with van der Waals surface area (Å²) >= 11 is 0. The van der Waals surface area contributed by atoms with Crippen molar-refractivity contribution in [3.05, 3.63) is 53.2 Å². The highest BCUT2D eigenvalue weighted by molar-refractivity contribution is 5.94. The van der Waals surface area contributed by atoms with Crippen LogP contribution in [-0.4, -0.2) is 41.4 Å². The van der Waals surface area contributed by atoms with Crippen LogP contribution in [0.25, 0.3) is 17.0 Å². The Kier molecular flexibility index (Phi) is 5.84. The molecule has 34 heavy (non-hydrogen) atoms. The molecule has 0 radical (unpaired) electrons. The predicted octanol–water partition coefficient (Wildman–Crippen LogP) is 3.89. The molecule has 0 atom stereocenters. The molecule has 1 N–H and O–H groups in total. The predicted molar refractivity (Wildman–Crippen MR) is 126 cm³/mol. The number of carbonyl (C=O) groups excluding carboxylic acids is 1. The first-order chi connectivity index (χ1) is 15.9. The molecule has 0 aliphatic carbocycles. The van der Waals surface area contributed by atoms with Crippen molar-refractivity contribution in [2.75, 3.05) is 0 Å². The average molecular weight is 464 g/mol. The molecule has 0 aliphatic heterocycles. The highest BCUT2D eigenvalue weighted by Crippen LogP contribution is 2.36. The van der Waals surface area contributed by atoms with Crippen molar-refractivity contribution in [3.63, 3.8) is 0 Å². The van der Waals surface area contributed by atoms with Gasteiger partial charge in [-0.3, -0.25) is 9.78 Å². The number of ether oxygens (including phenoxy) is 1. The first-order valence-corrected chi connectivity index (χ1v) is 11.0. The number of fused-ring (bicyclic) bond motifs is 1. The third-order valence-electron chi connectivity index (χ3n) is 4.96. The zero-order valence-electron chi connectivity index (χ0n) is 20.5. The molecular formula is C24H29N7O3. The Morgan fingerprint density at radius 1 is 1.15 bits per heavy atom. The molecule has 4 aromatic heterocycles. The van der Waals surface area contributed by atoms with Gasteiger partial charge >= 0.3 is 0 Å². The van der Waals surface area contributed by atoms with Gasteiger partial charge in [-0.1, -0.05) is 25.9 Å². The molecule has 10 heteroatoms. The summed E-state index contributed by atoms with van der Waals surface area (Å²) in [5.74, 6) is 1.42. The monoisotopic (exact) mass is 463 g/mol. The van der Waals surface area contributed by atoms with E-state index in [0.717, 1.165) is 11.1 Å². The Bertz CT molecular complexity index is 1330. The fraction of sp³-hybridized carbons (Fsp3) is 0.417. The van der Waals surface area contributed by atoms with Crippen LogP contribution < -0.4 is 10.1 Å². The second-order valence-electron chi connectivity index (χ2n) is 10.2. The zero-order chi connectivity index (χ0) is 24.7. The smallest absolute Gasteiger partial charge is 0.253 e. The minimum absolute atomic E-state index is 0.168. The van der Waals surface area contributed by atoms with Gasteiger partial charge in [0.15, 0.2) is 5.69 Å². The molecule has 0 unspecified atom stereocenters. The van der Waals surface area contributed by atoms with Crippen LogP contribution in [0.5, 0.6) is 5.88 Å². The van der Waals surface area contributed by atoms with Crippen molar-refractivity contribution in [3.8, 4) is 17.4 Å². The van der Waals surface area contributed by atoms with E-state index in [0.29, 0.717) is 34.4 Å². The van der Waals surface area contributed by atoms with Crippen LogP contribution in [-0.2, 0) is 12.0 Å². The molecule has 4 heterocycles. The second-order valence-corrected chi connectivity index (χ2v) is 10.2. The molecule has 0 aromatic carbocycles. The molecule has 4 aromatic rings. The van der Waals surface area contributed by atoms with Gasteiger partial charge in [0.25, 0.3) is 5.91 Å². The number of aromatic nitrogens is 6. The van der Waals surface area contributed by atoms with E-state index in [-0.39, 0.29) is 23.5 Å². The summed E-state index contributed by atoms with van der Waals surface area (Å²) in [5.41, 5.74) is 2.77. The number of nitrogens with zero attached hydrogens (tertiary/aromatic N) is 6. The SMILES string of the molecule is Cc1cc(-c2nncc3c(C(C)(C)C)c(OCc4ccc(C(=O)NC(C)(C)C)cn4)nn23)no1. The number of carbonyl (C=O) groups is 1. The van der Waals surface area contributed by atoms with Crippen LogP contribution in [0.1, 0.15) is 68.9 Å². The maximum Gasteiger partial charge on any atom is 0.253 e. The van der Waals surface area contributed by atoms with E-state index in [4.69, 9.17) is 9.26 Å². The summed E-state index contributed by atoms with van der Waals surface area (Å²) < 4.78 is 13.0. The minimum atomic E-state index is -0.321. The molecule has 0 aliphatic rings. The Morgan fingerprint density at radius 3 is 2.50 bits per heavy atom. The van der Waals surface area contributed by atoms with Crippen molar-refractivity contribution >= 4 is 11.4 Å². The van der Waals surface area contributed by atoms with Crippen molar-refractivity contribution in [2.45, 2.75) is 66.0 Å². The number of rotatable bonds is 5. The van der Waals surface area contributed by atoms with E-state index in [1.807, 2.05) is 27.7 Å². The zero-order valence-corrected chi connectivity index (χ0v) is 20.5. The lowest BCUT2D eigenvalue weighted by Crippen LogP contribution is -2.40. The van der Waals surface area contributed by atoms with Crippen molar-refractivity contribution in [2.24, 2.45) is 0 Å². The van der Waals surface area contributed by atoms with Gasteiger partial charge in [-0.25, -0.2) is 4.52 Å². The number of amides is 1. The largest absolute Gasteiger partial charge is 0.470 e. The van der Waals surface area contributed by atoms with Crippen molar-refractivity contribution in [1.29, 1.82) is 0 Å². The number of aryl methyl sites for hydroxylation is 1. The van der Waals surface area contributed by atoms with Gasteiger partial charge in [-0.2, -0.15) is 5.10 Å². The molecule has 0 saturated heterocycles. The van der Waals surface area contributed by atoms with Gasteiger partial charge in [-0.05, 0) is 45.2 Å². The standard InChI is InChI=1S/C24H29N7O3/c1-14-10-17(30-34-14)20-28-26-12-18-19(23(2,3)4)22(29-31(18)20)33-13-16-9-8-15(11-25-16)21(32)27-24(5,6)7/h8-12H,13H2,1-7H3,(H,27,32). The van der Waals surface area contributed by atoms with E-state index < -0.39 is 0 Å². The molecule has 0 saturated carbocycles. The lowest BCUT2D eigenvalue weighted by Gasteiger charge is -2.20. The lowest BCUT2D eigenvalue weighted by molar-refractivity contribution is 0.0919. The van der Waals surface area contributed by atoms with Crippen LogP contribution in [0.2, 0.25) is 0 Å². The summed E-state index contributed by atoms with van der Waals surface area (Å²) in [4.78, 5) is 16.7.